The van der Waals surface area contributed by atoms with Crippen molar-refractivity contribution < 1.29 is 9.53 Å². The summed E-state index contributed by atoms with van der Waals surface area (Å²) in [7, 11) is 0. The second kappa shape index (κ2) is 7.16. The molecule has 0 unspecified atom stereocenters. The lowest BCUT2D eigenvalue weighted by Crippen LogP contribution is -2.21. The minimum Gasteiger partial charge on any atom is -0.483 e. The van der Waals surface area contributed by atoms with Gasteiger partial charge in [0.05, 0.1) is 0 Å². The number of rotatable bonds is 4. The van der Waals surface area contributed by atoms with E-state index < -0.39 is 0 Å². The Morgan fingerprint density at radius 2 is 1.77 bits per heavy atom. The van der Waals surface area contributed by atoms with Crippen molar-refractivity contribution in [2.24, 2.45) is 0 Å². The van der Waals surface area contributed by atoms with E-state index in [2.05, 4.69) is 21.2 Å². The molecule has 3 nitrogen and oxygen atoms in total. The molecule has 1 N–H and O–H groups in total. The van der Waals surface area contributed by atoms with Crippen LogP contribution in [0.15, 0.2) is 34.8 Å². The van der Waals surface area contributed by atoms with Gasteiger partial charge in [-0.25, -0.2) is 0 Å². The summed E-state index contributed by atoms with van der Waals surface area (Å²) in [6, 6.07) is 9.30. The van der Waals surface area contributed by atoms with Crippen LogP contribution >= 0.6 is 27.5 Å². The number of nitrogens with one attached hydrogen (secondary N) is 1. The van der Waals surface area contributed by atoms with Gasteiger partial charge in [-0.05, 0) is 61.7 Å². The summed E-state index contributed by atoms with van der Waals surface area (Å²) in [5.74, 6) is 0.522. The highest BCUT2D eigenvalue weighted by molar-refractivity contribution is 9.10. The summed E-state index contributed by atoms with van der Waals surface area (Å²) in [5, 5.41) is 3.40. The highest BCUT2D eigenvalue weighted by Crippen LogP contribution is 2.27. The summed E-state index contributed by atoms with van der Waals surface area (Å²) in [4.78, 5) is 12.1. The Labute approximate surface area is 143 Å². The molecular weight excluding hydrogens is 366 g/mol. The van der Waals surface area contributed by atoms with E-state index in [9.17, 15) is 4.79 Å². The van der Waals surface area contributed by atoms with Crippen LogP contribution in [0.5, 0.6) is 5.75 Å². The monoisotopic (exact) mass is 381 g/mol. The second-order valence-electron chi connectivity index (χ2n) is 5.16. The van der Waals surface area contributed by atoms with Gasteiger partial charge in [0.2, 0.25) is 0 Å². The van der Waals surface area contributed by atoms with Gasteiger partial charge in [0.25, 0.3) is 5.91 Å². The van der Waals surface area contributed by atoms with E-state index in [0.29, 0.717) is 10.7 Å². The van der Waals surface area contributed by atoms with Gasteiger partial charge in [-0.1, -0.05) is 33.6 Å². The average Bonchev–Trinajstić information content (AvgIpc) is 2.41. The van der Waals surface area contributed by atoms with E-state index in [1.54, 1.807) is 12.1 Å². The number of aryl methyl sites for hydroxylation is 3. The third-order valence-electron chi connectivity index (χ3n) is 3.25. The molecular formula is C17H17BrClNO2. The zero-order valence-electron chi connectivity index (χ0n) is 12.7. The molecule has 2 aromatic carbocycles. The number of anilines is 1. The molecule has 0 radical (unpaired) electrons. The molecule has 22 heavy (non-hydrogen) atoms. The zero-order chi connectivity index (χ0) is 16.3. The first-order valence-electron chi connectivity index (χ1n) is 6.82. The summed E-state index contributed by atoms with van der Waals surface area (Å²) in [5.41, 5.74) is 3.62. The Balaban J connectivity index is 2.03. The van der Waals surface area contributed by atoms with Crippen LogP contribution in [0.25, 0.3) is 0 Å². The molecule has 2 rings (SSSR count). The van der Waals surface area contributed by atoms with Crippen LogP contribution in [0.2, 0.25) is 5.02 Å². The third kappa shape index (κ3) is 4.24. The smallest absolute Gasteiger partial charge is 0.262 e. The number of halogens is 2. The van der Waals surface area contributed by atoms with Crippen molar-refractivity contribution in [3.8, 4) is 5.75 Å². The molecule has 0 aromatic heterocycles. The van der Waals surface area contributed by atoms with E-state index >= 15 is 0 Å². The molecule has 2 aromatic rings. The van der Waals surface area contributed by atoms with Crippen LogP contribution in [0, 0.1) is 20.8 Å². The number of amides is 1. The highest BCUT2D eigenvalue weighted by Gasteiger charge is 2.10. The minimum absolute atomic E-state index is 0.0464. The lowest BCUT2D eigenvalue weighted by molar-refractivity contribution is -0.118. The summed E-state index contributed by atoms with van der Waals surface area (Å²) >= 11 is 9.38. The lowest BCUT2D eigenvalue weighted by atomic mass is 10.1. The quantitative estimate of drug-likeness (QED) is 0.804. The van der Waals surface area contributed by atoms with Crippen molar-refractivity contribution in [2.75, 3.05) is 11.9 Å². The molecule has 1 amide bonds. The Morgan fingerprint density at radius 3 is 2.41 bits per heavy atom. The predicted molar refractivity (Wildman–Crippen MR) is 93.9 cm³/mol. The van der Waals surface area contributed by atoms with E-state index in [0.717, 1.165) is 26.9 Å². The molecule has 5 heteroatoms. The number of carbonyl (C=O) groups excluding carboxylic acids is 1. The van der Waals surface area contributed by atoms with Gasteiger partial charge in [-0.15, -0.1) is 0 Å². The van der Waals surface area contributed by atoms with Gasteiger partial charge >= 0.3 is 0 Å². The van der Waals surface area contributed by atoms with E-state index in [-0.39, 0.29) is 12.5 Å². The average molecular weight is 383 g/mol. The number of ether oxygens (including phenoxy) is 1. The van der Waals surface area contributed by atoms with Crippen molar-refractivity contribution in [1.29, 1.82) is 0 Å². The molecule has 0 spiro atoms. The number of hydrogen-bond acceptors (Lipinski definition) is 2. The first-order chi connectivity index (χ1) is 10.4. The van der Waals surface area contributed by atoms with Crippen molar-refractivity contribution in [2.45, 2.75) is 20.8 Å². The van der Waals surface area contributed by atoms with E-state index in [4.69, 9.17) is 16.3 Å². The molecule has 0 aliphatic rings. The van der Waals surface area contributed by atoms with Crippen molar-refractivity contribution >= 4 is 39.1 Å². The standard InChI is InChI=1S/C17H17BrClNO2/c1-10-4-5-14(19)8-15(10)20-16(21)9-22-17-11(2)6-13(18)7-12(17)3/h4-8H,9H2,1-3H3,(H,20,21). The van der Waals surface area contributed by atoms with Crippen LogP contribution in [0.3, 0.4) is 0 Å². The molecule has 0 atom stereocenters. The number of carbonyl (C=O) groups is 1. The molecule has 116 valence electrons. The Morgan fingerprint density at radius 1 is 1.14 bits per heavy atom. The minimum atomic E-state index is -0.216. The SMILES string of the molecule is Cc1ccc(Cl)cc1NC(=O)COc1c(C)cc(Br)cc1C. The molecule has 0 bridgehead atoms. The van der Waals surface area contributed by atoms with Gasteiger partial charge < -0.3 is 10.1 Å². The largest absolute Gasteiger partial charge is 0.483 e. The number of hydrogen-bond donors (Lipinski definition) is 1. The summed E-state index contributed by atoms with van der Waals surface area (Å²) < 4.78 is 6.66. The van der Waals surface area contributed by atoms with Crippen LogP contribution < -0.4 is 10.1 Å². The zero-order valence-corrected chi connectivity index (χ0v) is 15.0. The van der Waals surface area contributed by atoms with Crippen LogP contribution in [0.1, 0.15) is 16.7 Å². The molecule has 0 fully saturated rings. The topological polar surface area (TPSA) is 38.3 Å². The van der Waals surface area contributed by atoms with Crippen molar-refractivity contribution in [3.63, 3.8) is 0 Å². The first-order valence-corrected chi connectivity index (χ1v) is 7.99. The highest BCUT2D eigenvalue weighted by atomic mass is 79.9. The molecule has 0 saturated heterocycles. The van der Waals surface area contributed by atoms with Gasteiger partial charge in [-0.2, -0.15) is 0 Å². The third-order valence-corrected chi connectivity index (χ3v) is 3.94. The van der Waals surface area contributed by atoms with Gasteiger partial charge in [0.1, 0.15) is 5.75 Å². The van der Waals surface area contributed by atoms with Crippen molar-refractivity contribution in [1.82, 2.24) is 0 Å². The molecule has 0 heterocycles. The van der Waals surface area contributed by atoms with Crippen LogP contribution in [-0.2, 0) is 4.79 Å². The van der Waals surface area contributed by atoms with Crippen molar-refractivity contribution in [3.05, 3.63) is 56.5 Å². The fraction of sp³-hybridized carbons (Fsp3) is 0.235. The fourth-order valence-electron chi connectivity index (χ4n) is 2.18. The molecule has 0 aliphatic heterocycles. The maximum Gasteiger partial charge on any atom is 0.262 e. The normalized spacial score (nSPS) is 10.4. The van der Waals surface area contributed by atoms with E-state index in [1.165, 1.54) is 0 Å². The fourth-order valence-corrected chi connectivity index (χ4v) is 3.04. The maximum atomic E-state index is 12.1. The Bertz CT molecular complexity index is 693. The van der Waals surface area contributed by atoms with Gasteiger partial charge in [-0.3, -0.25) is 4.79 Å². The number of benzene rings is 2. The summed E-state index contributed by atoms with van der Waals surface area (Å²) in [6.07, 6.45) is 0. The van der Waals surface area contributed by atoms with E-state index in [1.807, 2.05) is 39.0 Å². The van der Waals surface area contributed by atoms with Gasteiger partial charge in [0, 0.05) is 15.2 Å². The summed E-state index contributed by atoms with van der Waals surface area (Å²) in [6.45, 7) is 5.77. The van der Waals surface area contributed by atoms with Gasteiger partial charge in [0.15, 0.2) is 6.61 Å². The lowest BCUT2D eigenvalue weighted by Gasteiger charge is -2.13. The Hall–Kier alpha value is -1.52. The van der Waals surface area contributed by atoms with Crippen LogP contribution in [-0.4, -0.2) is 12.5 Å². The van der Waals surface area contributed by atoms with Crippen LogP contribution in [0.4, 0.5) is 5.69 Å². The second-order valence-corrected chi connectivity index (χ2v) is 6.52. The first kappa shape index (κ1) is 16.8. The molecule has 0 saturated carbocycles. The predicted octanol–water partition coefficient (Wildman–Crippen LogP) is 5.05. The maximum absolute atomic E-state index is 12.1. The molecule has 0 aliphatic carbocycles. The Kier molecular flexibility index (Phi) is 5.48.